The fourth-order valence-corrected chi connectivity index (χ4v) is 3.26. The Morgan fingerprint density at radius 3 is 2.28 bits per heavy atom. The molecule has 0 aliphatic rings. The summed E-state index contributed by atoms with van der Waals surface area (Å²) in [6.45, 7) is 0.544. The van der Waals surface area contributed by atoms with E-state index in [-0.39, 0.29) is 24.9 Å². The van der Waals surface area contributed by atoms with Crippen LogP contribution in [0.5, 0.6) is 0 Å². The average Bonchev–Trinajstić information content (AvgIpc) is 2.74. The Hall–Kier alpha value is -2.51. The van der Waals surface area contributed by atoms with Gasteiger partial charge in [0.25, 0.3) is 11.8 Å². The maximum absolute atomic E-state index is 12.5. The summed E-state index contributed by atoms with van der Waals surface area (Å²) in [7, 11) is 0. The smallest absolute Gasteiger partial charge is 0.253 e. The highest BCUT2D eigenvalue weighted by Gasteiger charge is 2.21. The molecule has 154 valence electrons. The number of carbonyl (C=O) groups is 3. The first kappa shape index (κ1) is 22.8. The van der Waals surface area contributed by atoms with E-state index >= 15 is 0 Å². The molecule has 2 rings (SSSR count). The molecular formula is C21H24ClN3O3S. The number of halogens is 1. The quantitative estimate of drug-likeness (QED) is 0.503. The first-order valence-corrected chi connectivity index (χ1v) is 11.0. The maximum atomic E-state index is 12.5. The lowest BCUT2D eigenvalue weighted by Gasteiger charge is -2.18. The van der Waals surface area contributed by atoms with E-state index in [1.165, 1.54) is 0 Å². The Labute approximate surface area is 179 Å². The normalized spacial score (nSPS) is 11.4. The van der Waals surface area contributed by atoms with Gasteiger partial charge in [0.05, 0.1) is 10.6 Å². The fraction of sp³-hybridized carbons (Fsp3) is 0.286. The molecule has 3 amide bonds. The van der Waals surface area contributed by atoms with Crippen LogP contribution in [0.3, 0.4) is 0 Å². The lowest BCUT2D eigenvalue weighted by molar-refractivity contribution is -0.122. The topological polar surface area (TPSA) is 87.3 Å². The molecule has 0 radical (unpaired) electrons. The molecule has 0 spiro atoms. The predicted molar refractivity (Wildman–Crippen MR) is 117 cm³/mol. The molecular weight excluding hydrogens is 410 g/mol. The summed E-state index contributed by atoms with van der Waals surface area (Å²) in [6.07, 6.45) is 2.42. The Morgan fingerprint density at radius 2 is 1.59 bits per heavy atom. The summed E-state index contributed by atoms with van der Waals surface area (Å²) < 4.78 is 0. The number of carbonyl (C=O) groups excluding carboxylic acids is 3. The zero-order chi connectivity index (χ0) is 21.1. The number of hydrogen-bond acceptors (Lipinski definition) is 4. The molecule has 0 aliphatic heterocycles. The zero-order valence-corrected chi connectivity index (χ0v) is 17.7. The van der Waals surface area contributed by atoms with Gasteiger partial charge in [0, 0.05) is 18.7 Å². The highest BCUT2D eigenvalue weighted by molar-refractivity contribution is 7.98. The molecule has 0 heterocycles. The Morgan fingerprint density at radius 1 is 0.931 bits per heavy atom. The summed E-state index contributed by atoms with van der Waals surface area (Å²) >= 11 is 7.65. The minimum absolute atomic E-state index is 0.203. The van der Waals surface area contributed by atoms with Crippen molar-refractivity contribution in [1.82, 2.24) is 16.0 Å². The highest BCUT2D eigenvalue weighted by Crippen LogP contribution is 2.15. The minimum Gasteiger partial charge on any atom is -0.353 e. The molecule has 0 saturated carbocycles. The largest absolute Gasteiger partial charge is 0.353 e. The molecule has 6 nitrogen and oxygen atoms in total. The standard InChI is InChI=1S/C21H24ClN3O3S/c1-29-14-11-18(25-20(27)16-9-5-6-10-17(16)22)21(28)24-13-12-23-19(26)15-7-3-2-4-8-15/h2-10,18H,11-14H2,1H3,(H,23,26)(H,24,28)(H,25,27). The van der Waals surface area contributed by atoms with E-state index in [0.717, 1.165) is 0 Å². The van der Waals surface area contributed by atoms with Crippen LogP contribution in [0.15, 0.2) is 54.6 Å². The zero-order valence-electron chi connectivity index (χ0n) is 16.1. The molecule has 0 bridgehead atoms. The second kappa shape index (κ2) is 12.1. The highest BCUT2D eigenvalue weighted by atomic mass is 35.5. The molecule has 3 N–H and O–H groups in total. The van der Waals surface area contributed by atoms with Crippen LogP contribution in [0.25, 0.3) is 0 Å². The molecule has 0 saturated heterocycles. The molecule has 0 aromatic heterocycles. The van der Waals surface area contributed by atoms with Gasteiger partial charge in [0.1, 0.15) is 6.04 Å². The van der Waals surface area contributed by atoms with Crippen LogP contribution in [-0.2, 0) is 4.79 Å². The number of thioether (sulfide) groups is 1. The minimum atomic E-state index is -0.684. The van der Waals surface area contributed by atoms with Gasteiger partial charge >= 0.3 is 0 Å². The van der Waals surface area contributed by atoms with Crippen LogP contribution in [0.2, 0.25) is 5.02 Å². The molecule has 29 heavy (non-hydrogen) atoms. The fourth-order valence-electron chi connectivity index (χ4n) is 2.56. The SMILES string of the molecule is CSCCC(NC(=O)c1ccccc1Cl)C(=O)NCCNC(=O)c1ccccc1. The number of hydrogen-bond donors (Lipinski definition) is 3. The van der Waals surface area contributed by atoms with Crippen LogP contribution in [0.1, 0.15) is 27.1 Å². The third-order valence-electron chi connectivity index (χ3n) is 4.10. The molecule has 0 fully saturated rings. The van der Waals surface area contributed by atoms with Crippen molar-refractivity contribution in [2.45, 2.75) is 12.5 Å². The number of amides is 3. The Kier molecular flexibility index (Phi) is 9.53. The first-order valence-electron chi connectivity index (χ1n) is 9.18. The summed E-state index contributed by atoms with van der Waals surface area (Å²) in [4.78, 5) is 37.0. The van der Waals surface area contributed by atoms with Gasteiger partial charge in [0.15, 0.2) is 0 Å². The van der Waals surface area contributed by atoms with Crippen molar-refractivity contribution in [1.29, 1.82) is 0 Å². The lowest BCUT2D eigenvalue weighted by Crippen LogP contribution is -2.48. The van der Waals surface area contributed by atoms with E-state index in [0.29, 0.717) is 28.3 Å². The molecule has 2 aromatic carbocycles. The van der Waals surface area contributed by atoms with Gasteiger partial charge in [-0.25, -0.2) is 0 Å². The van der Waals surface area contributed by atoms with Crippen molar-refractivity contribution in [3.8, 4) is 0 Å². The van der Waals surface area contributed by atoms with Crippen molar-refractivity contribution in [3.63, 3.8) is 0 Å². The van der Waals surface area contributed by atoms with Gasteiger partial charge in [-0.2, -0.15) is 11.8 Å². The van der Waals surface area contributed by atoms with E-state index < -0.39 is 11.9 Å². The number of benzene rings is 2. The van der Waals surface area contributed by atoms with E-state index in [9.17, 15) is 14.4 Å². The Balaban J connectivity index is 1.85. The molecule has 1 atom stereocenters. The van der Waals surface area contributed by atoms with E-state index in [1.54, 1.807) is 60.3 Å². The van der Waals surface area contributed by atoms with Crippen LogP contribution in [0, 0.1) is 0 Å². The van der Waals surface area contributed by atoms with Crippen LogP contribution in [0.4, 0.5) is 0 Å². The van der Waals surface area contributed by atoms with Gasteiger partial charge in [-0.15, -0.1) is 0 Å². The van der Waals surface area contributed by atoms with Crippen molar-refractivity contribution in [2.24, 2.45) is 0 Å². The summed E-state index contributed by atoms with van der Waals surface area (Å²) in [6, 6.07) is 14.9. The van der Waals surface area contributed by atoms with Gasteiger partial charge in [-0.1, -0.05) is 41.9 Å². The second-order valence-corrected chi connectivity index (χ2v) is 7.59. The number of nitrogens with one attached hydrogen (secondary N) is 3. The summed E-state index contributed by atoms with van der Waals surface area (Å²) in [5, 5.41) is 8.59. The van der Waals surface area contributed by atoms with Crippen molar-refractivity contribution in [3.05, 3.63) is 70.7 Å². The van der Waals surface area contributed by atoms with Crippen molar-refractivity contribution in [2.75, 3.05) is 25.1 Å². The molecule has 1 unspecified atom stereocenters. The summed E-state index contributed by atoms with van der Waals surface area (Å²) in [5.74, 6) is -0.181. The van der Waals surface area contributed by atoms with E-state index in [4.69, 9.17) is 11.6 Å². The third kappa shape index (κ3) is 7.44. The number of rotatable bonds is 10. The predicted octanol–water partition coefficient (Wildman–Crippen LogP) is 2.74. The molecule has 8 heteroatoms. The first-order chi connectivity index (χ1) is 14.0. The monoisotopic (exact) mass is 433 g/mol. The van der Waals surface area contributed by atoms with Gasteiger partial charge in [0.2, 0.25) is 5.91 Å². The van der Waals surface area contributed by atoms with Gasteiger partial charge in [-0.05, 0) is 42.7 Å². The van der Waals surface area contributed by atoms with Crippen molar-refractivity contribution >= 4 is 41.1 Å². The van der Waals surface area contributed by atoms with Crippen LogP contribution < -0.4 is 16.0 Å². The Bertz CT molecular complexity index is 833. The van der Waals surface area contributed by atoms with Gasteiger partial charge in [-0.3, -0.25) is 14.4 Å². The van der Waals surface area contributed by atoms with E-state index in [1.807, 2.05) is 12.3 Å². The molecule has 0 aliphatic carbocycles. The summed E-state index contributed by atoms with van der Waals surface area (Å²) in [5.41, 5.74) is 0.884. The lowest BCUT2D eigenvalue weighted by atomic mass is 10.1. The van der Waals surface area contributed by atoms with Crippen LogP contribution >= 0.6 is 23.4 Å². The third-order valence-corrected chi connectivity index (χ3v) is 5.07. The molecule has 2 aromatic rings. The van der Waals surface area contributed by atoms with E-state index in [2.05, 4.69) is 16.0 Å². The second-order valence-electron chi connectivity index (χ2n) is 6.20. The van der Waals surface area contributed by atoms with Crippen LogP contribution in [-0.4, -0.2) is 48.9 Å². The maximum Gasteiger partial charge on any atom is 0.253 e. The average molecular weight is 434 g/mol. The van der Waals surface area contributed by atoms with Crippen molar-refractivity contribution < 1.29 is 14.4 Å². The van der Waals surface area contributed by atoms with Gasteiger partial charge < -0.3 is 16.0 Å².